The lowest BCUT2D eigenvalue weighted by Crippen LogP contribution is -2.40. The van der Waals surface area contributed by atoms with E-state index in [1.54, 1.807) is 13.0 Å². The lowest BCUT2D eigenvalue weighted by Gasteiger charge is -2.17. The minimum Gasteiger partial charge on any atom is -0.384 e. The van der Waals surface area contributed by atoms with Crippen molar-refractivity contribution < 1.29 is 28.0 Å². The number of alkyl halides is 3. The van der Waals surface area contributed by atoms with Gasteiger partial charge in [-0.05, 0) is 18.9 Å². The maximum Gasteiger partial charge on any atom is 0.414 e. The van der Waals surface area contributed by atoms with Crippen LogP contribution in [0, 0.1) is 10.1 Å². The first-order chi connectivity index (χ1) is 10.6. The van der Waals surface area contributed by atoms with E-state index in [1.807, 2.05) is 0 Å². The summed E-state index contributed by atoms with van der Waals surface area (Å²) in [4.78, 5) is 21.7. The summed E-state index contributed by atoms with van der Waals surface area (Å²) in [6.45, 7) is 1.21. The van der Waals surface area contributed by atoms with Crippen LogP contribution >= 0.6 is 0 Å². The molecule has 0 saturated heterocycles. The van der Waals surface area contributed by atoms with E-state index in [1.165, 1.54) is 18.2 Å². The third-order valence-corrected chi connectivity index (χ3v) is 3.01. The number of non-ortho nitro benzene ring substituents is 1. The van der Waals surface area contributed by atoms with Gasteiger partial charge in [0.15, 0.2) is 6.10 Å². The zero-order valence-corrected chi connectivity index (χ0v) is 12.1. The maximum atomic E-state index is 12.1. The Kier molecular flexibility index (Phi) is 6.31. The number of amides is 2. The fraction of sp³-hybridized carbons (Fsp3) is 0.462. The number of hydrogen-bond acceptors (Lipinski definition) is 4. The number of nitro benzene ring substituents is 1. The summed E-state index contributed by atoms with van der Waals surface area (Å²) >= 11 is 0. The summed E-state index contributed by atoms with van der Waals surface area (Å²) in [6, 6.07) is 4.31. The lowest BCUT2D eigenvalue weighted by atomic mass is 10.1. The van der Waals surface area contributed by atoms with E-state index >= 15 is 0 Å². The summed E-state index contributed by atoms with van der Waals surface area (Å²) in [5, 5.41) is 24.1. The number of hydrogen-bond donors (Lipinski definition) is 3. The number of benzene rings is 1. The Morgan fingerprint density at radius 1 is 1.43 bits per heavy atom. The van der Waals surface area contributed by atoms with Crippen LogP contribution in [0.4, 0.5) is 23.7 Å². The molecule has 0 fully saturated rings. The van der Waals surface area contributed by atoms with Crippen LogP contribution in [0.1, 0.15) is 24.9 Å². The molecular weight excluding hydrogens is 319 g/mol. The molecule has 0 aliphatic carbocycles. The quantitative estimate of drug-likeness (QED) is 0.548. The predicted octanol–water partition coefficient (Wildman–Crippen LogP) is 2.27. The van der Waals surface area contributed by atoms with Gasteiger partial charge in [-0.25, -0.2) is 4.79 Å². The van der Waals surface area contributed by atoms with Crippen molar-refractivity contribution in [2.24, 2.45) is 0 Å². The summed E-state index contributed by atoms with van der Waals surface area (Å²) in [6.07, 6.45) is -7.90. The van der Waals surface area contributed by atoms with Gasteiger partial charge in [0.2, 0.25) is 0 Å². The molecule has 128 valence electrons. The number of aliphatic hydroxyl groups excluding tert-OH is 1. The van der Waals surface area contributed by atoms with Crippen LogP contribution in [0.25, 0.3) is 0 Å². The van der Waals surface area contributed by atoms with Gasteiger partial charge in [0.25, 0.3) is 5.69 Å². The van der Waals surface area contributed by atoms with E-state index in [0.717, 1.165) is 0 Å². The zero-order chi connectivity index (χ0) is 17.6. The van der Waals surface area contributed by atoms with E-state index in [2.05, 4.69) is 10.6 Å². The molecule has 0 saturated carbocycles. The number of nitrogens with zero attached hydrogens (tertiary/aromatic N) is 1. The summed E-state index contributed by atoms with van der Waals surface area (Å²) < 4.78 is 36.2. The molecule has 1 aromatic carbocycles. The molecule has 0 aliphatic rings. The van der Waals surface area contributed by atoms with Crippen LogP contribution in [-0.4, -0.2) is 34.9 Å². The predicted molar refractivity (Wildman–Crippen MR) is 74.7 cm³/mol. The van der Waals surface area contributed by atoms with Gasteiger partial charge in [0, 0.05) is 18.7 Å². The summed E-state index contributed by atoms with van der Waals surface area (Å²) in [5.74, 6) is 0. The van der Waals surface area contributed by atoms with Crippen molar-refractivity contribution in [1.29, 1.82) is 0 Å². The minimum atomic E-state index is -4.73. The van der Waals surface area contributed by atoms with Gasteiger partial charge < -0.3 is 15.7 Å². The van der Waals surface area contributed by atoms with Crippen molar-refractivity contribution in [2.45, 2.75) is 31.7 Å². The van der Waals surface area contributed by atoms with Gasteiger partial charge in [-0.1, -0.05) is 12.1 Å². The fourth-order valence-electron chi connectivity index (χ4n) is 1.72. The molecule has 0 bridgehead atoms. The molecule has 0 radical (unpaired) electrons. The molecule has 1 rings (SSSR count). The second-order valence-corrected chi connectivity index (χ2v) is 4.82. The number of carbonyl (C=O) groups excluding carboxylic acids is 1. The van der Waals surface area contributed by atoms with Crippen LogP contribution < -0.4 is 10.6 Å². The molecule has 2 atom stereocenters. The Morgan fingerprint density at radius 3 is 2.65 bits per heavy atom. The van der Waals surface area contributed by atoms with Crippen molar-refractivity contribution in [3.8, 4) is 0 Å². The maximum absolute atomic E-state index is 12.1. The van der Waals surface area contributed by atoms with E-state index in [0.29, 0.717) is 5.56 Å². The molecule has 2 unspecified atom stereocenters. The van der Waals surface area contributed by atoms with Crippen molar-refractivity contribution in [1.82, 2.24) is 10.6 Å². The molecular formula is C13H16F3N3O4. The van der Waals surface area contributed by atoms with Crippen molar-refractivity contribution in [3.05, 3.63) is 39.9 Å². The van der Waals surface area contributed by atoms with Gasteiger partial charge >= 0.3 is 12.2 Å². The number of nitrogens with one attached hydrogen (secondary N) is 2. The second-order valence-electron chi connectivity index (χ2n) is 4.82. The summed E-state index contributed by atoms with van der Waals surface area (Å²) in [7, 11) is 0. The third-order valence-electron chi connectivity index (χ3n) is 3.01. The smallest absolute Gasteiger partial charge is 0.384 e. The number of carbonyl (C=O) groups is 1. The van der Waals surface area contributed by atoms with Crippen LogP contribution in [0.15, 0.2) is 24.3 Å². The first-order valence-corrected chi connectivity index (χ1v) is 6.64. The molecule has 3 N–H and O–H groups in total. The molecule has 0 heterocycles. The Morgan fingerprint density at radius 2 is 2.09 bits per heavy atom. The van der Waals surface area contributed by atoms with Crippen LogP contribution in [0.3, 0.4) is 0 Å². The van der Waals surface area contributed by atoms with Crippen molar-refractivity contribution in [3.63, 3.8) is 0 Å². The van der Waals surface area contributed by atoms with Gasteiger partial charge in [0.1, 0.15) is 0 Å². The highest BCUT2D eigenvalue weighted by Gasteiger charge is 2.37. The van der Waals surface area contributed by atoms with E-state index in [-0.39, 0.29) is 12.2 Å². The van der Waals surface area contributed by atoms with Crippen LogP contribution in [-0.2, 0) is 0 Å². The number of halogens is 3. The average molecular weight is 335 g/mol. The van der Waals surface area contributed by atoms with Crippen LogP contribution in [0.5, 0.6) is 0 Å². The standard InChI is InChI=1S/C13H16F3N3O4/c1-8(9-3-2-4-10(7-9)19(22)23)18-12(21)17-6-5-11(20)13(14,15)16/h2-4,7-8,11,20H,5-6H2,1H3,(H2,17,18,21). The first kappa shape index (κ1) is 18.7. The average Bonchev–Trinajstić information content (AvgIpc) is 2.46. The lowest BCUT2D eigenvalue weighted by molar-refractivity contribution is -0.384. The second kappa shape index (κ2) is 7.77. The Hall–Kier alpha value is -2.36. The van der Waals surface area contributed by atoms with E-state index in [9.17, 15) is 28.1 Å². The van der Waals surface area contributed by atoms with Crippen molar-refractivity contribution in [2.75, 3.05) is 6.54 Å². The molecule has 1 aromatic rings. The largest absolute Gasteiger partial charge is 0.414 e. The summed E-state index contributed by atoms with van der Waals surface area (Å²) in [5.41, 5.74) is 0.342. The molecule has 2 amide bonds. The molecule has 10 heteroatoms. The van der Waals surface area contributed by atoms with E-state index < -0.39 is 35.7 Å². The number of urea groups is 1. The highest BCUT2D eigenvalue weighted by Crippen LogP contribution is 2.22. The molecule has 23 heavy (non-hydrogen) atoms. The van der Waals surface area contributed by atoms with Gasteiger partial charge in [0.05, 0.1) is 11.0 Å². The molecule has 0 aliphatic heterocycles. The topological polar surface area (TPSA) is 104 Å². The number of nitro groups is 1. The molecule has 0 aromatic heterocycles. The third kappa shape index (κ3) is 6.10. The normalized spacial score (nSPS) is 14.0. The monoisotopic (exact) mass is 335 g/mol. The van der Waals surface area contributed by atoms with Gasteiger partial charge in [-0.2, -0.15) is 13.2 Å². The van der Waals surface area contributed by atoms with Crippen molar-refractivity contribution >= 4 is 11.7 Å². The Bertz CT molecular complexity index is 566. The zero-order valence-electron chi connectivity index (χ0n) is 12.1. The first-order valence-electron chi connectivity index (χ1n) is 6.64. The number of aliphatic hydroxyl groups is 1. The minimum absolute atomic E-state index is 0.134. The van der Waals surface area contributed by atoms with Gasteiger partial charge in [-0.3, -0.25) is 10.1 Å². The Labute approximate surface area is 129 Å². The number of rotatable bonds is 6. The SMILES string of the molecule is CC(NC(=O)NCCC(O)C(F)(F)F)c1cccc([N+](=O)[O-])c1. The Balaban J connectivity index is 2.48. The molecule has 7 nitrogen and oxygen atoms in total. The highest BCUT2D eigenvalue weighted by atomic mass is 19.4. The van der Waals surface area contributed by atoms with E-state index in [4.69, 9.17) is 5.11 Å². The fourth-order valence-corrected chi connectivity index (χ4v) is 1.72. The van der Waals surface area contributed by atoms with Gasteiger partial charge in [-0.15, -0.1) is 0 Å². The van der Waals surface area contributed by atoms with Crippen LogP contribution in [0.2, 0.25) is 0 Å². The molecule has 0 spiro atoms. The highest BCUT2D eigenvalue weighted by molar-refractivity contribution is 5.74.